The molecule has 0 atom stereocenters. The molecule has 8 heteroatoms. The van der Waals surface area contributed by atoms with Crippen LogP contribution in [-0.4, -0.2) is 46.4 Å². The largest absolute Gasteiger partial charge is 0.486 e. The minimum Gasteiger partial charge on any atom is -0.486 e. The molecule has 0 N–H and O–H groups in total. The van der Waals surface area contributed by atoms with Gasteiger partial charge < -0.3 is 14.4 Å². The second kappa shape index (κ2) is 9.84. The van der Waals surface area contributed by atoms with E-state index in [4.69, 9.17) is 9.47 Å². The van der Waals surface area contributed by atoms with Crippen molar-refractivity contribution in [3.63, 3.8) is 0 Å². The van der Waals surface area contributed by atoms with Crippen LogP contribution in [0.15, 0.2) is 78.9 Å². The van der Waals surface area contributed by atoms with E-state index in [1.165, 1.54) is 4.31 Å². The van der Waals surface area contributed by atoms with Crippen LogP contribution in [-0.2, 0) is 10.0 Å². The van der Waals surface area contributed by atoms with Crippen molar-refractivity contribution < 1.29 is 22.7 Å². The Bertz CT molecular complexity index is 1340. The quantitative estimate of drug-likeness (QED) is 0.513. The minimum atomic E-state index is -3.28. The molecule has 180 valence electrons. The first-order chi connectivity index (χ1) is 17.0. The Kier molecular flexibility index (Phi) is 6.46. The Morgan fingerprint density at radius 2 is 1.69 bits per heavy atom. The Labute approximate surface area is 205 Å². The SMILES string of the molecule is O=C(c1ccc(N2CCCS2(=O)=O)cc1)N(C/C=C/c1ccccc1)c1ccc2c(c1)OCCO2. The van der Waals surface area contributed by atoms with Gasteiger partial charge in [0.25, 0.3) is 5.91 Å². The highest BCUT2D eigenvalue weighted by molar-refractivity contribution is 7.93. The van der Waals surface area contributed by atoms with Crippen LogP contribution in [0, 0.1) is 0 Å². The zero-order valence-corrected chi connectivity index (χ0v) is 20.0. The number of amides is 1. The summed E-state index contributed by atoms with van der Waals surface area (Å²) >= 11 is 0. The summed E-state index contributed by atoms with van der Waals surface area (Å²) < 4.78 is 37.2. The summed E-state index contributed by atoms with van der Waals surface area (Å²) in [5.74, 6) is 1.21. The molecule has 1 fully saturated rings. The van der Waals surface area contributed by atoms with Gasteiger partial charge in [-0.05, 0) is 48.4 Å². The zero-order chi connectivity index (χ0) is 24.3. The lowest BCUT2D eigenvalue weighted by molar-refractivity contribution is 0.0989. The third-order valence-corrected chi connectivity index (χ3v) is 7.85. The molecular formula is C27H26N2O5S. The van der Waals surface area contributed by atoms with E-state index in [2.05, 4.69) is 0 Å². The van der Waals surface area contributed by atoms with Gasteiger partial charge in [-0.1, -0.05) is 42.5 Å². The minimum absolute atomic E-state index is 0.152. The van der Waals surface area contributed by atoms with Gasteiger partial charge in [0.05, 0.1) is 11.4 Å². The summed E-state index contributed by atoms with van der Waals surface area (Å²) in [7, 11) is -3.28. The highest BCUT2D eigenvalue weighted by Gasteiger charge is 2.28. The van der Waals surface area contributed by atoms with Gasteiger partial charge in [0, 0.05) is 30.4 Å². The molecule has 7 nitrogen and oxygen atoms in total. The fourth-order valence-electron chi connectivity index (χ4n) is 4.22. The van der Waals surface area contributed by atoms with E-state index in [0.717, 1.165) is 5.56 Å². The van der Waals surface area contributed by atoms with Crippen molar-refractivity contribution in [2.45, 2.75) is 6.42 Å². The van der Waals surface area contributed by atoms with Crippen molar-refractivity contribution in [3.8, 4) is 11.5 Å². The highest BCUT2D eigenvalue weighted by Crippen LogP contribution is 2.34. The number of hydrogen-bond donors (Lipinski definition) is 0. The third kappa shape index (κ3) is 5.02. The van der Waals surface area contributed by atoms with Gasteiger partial charge in [-0.25, -0.2) is 8.42 Å². The Morgan fingerprint density at radius 3 is 2.40 bits per heavy atom. The Morgan fingerprint density at radius 1 is 0.943 bits per heavy atom. The second-order valence-electron chi connectivity index (χ2n) is 8.35. The van der Waals surface area contributed by atoms with Crippen molar-refractivity contribution in [2.75, 3.05) is 41.3 Å². The van der Waals surface area contributed by atoms with E-state index in [9.17, 15) is 13.2 Å². The second-order valence-corrected chi connectivity index (χ2v) is 10.4. The number of ether oxygens (including phenoxy) is 2. The maximum atomic E-state index is 13.6. The number of benzene rings is 3. The number of sulfonamides is 1. The summed E-state index contributed by atoms with van der Waals surface area (Å²) in [6.45, 7) is 1.76. The first-order valence-corrected chi connectivity index (χ1v) is 13.2. The van der Waals surface area contributed by atoms with Crippen LogP contribution < -0.4 is 18.7 Å². The lowest BCUT2D eigenvalue weighted by Gasteiger charge is -2.25. The van der Waals surface area contributed by atoms with Gasteiger partial charge in [-0.15, -0.1) is 0 Å². The maximum Gasteiger partial charge on any atom is 0.258 e. The van der Waals surface area contributed by atoms with Crippen LogP contribution in [0.2, 0.25) is 0 Å². The molecule has 0 saturated carbocycles. The van der Waals surface area contributed by atoms with Gasteiger partial charge in [0.1, 0.15) is 13.2 Å². The van der Waals surface area contributed by atoms with Crippen LogP contribution >= 0.6 is 0 Å². The molecule has 0 aromatic heterocycles. The van der Waals surface area contributed by atoms with Gasteiger partial charge in [0.15, 0.2) is 11.5 Å². The molecule has 1 saturated heterocycles. The lowest BCUT2D eigenvalue weighted by Crippen LogP contribution is -2.31. The van der Waals surface area contributed by atoms with E-state index in [-0.39, 0.29) is 11.7 Å². The molecule has 0 spiro atoms. The van der Waals surface area contributed by atoms with Crippen LogP contribution in [0.1, 0.15) is 22.3 Å². The van der Waals surface area contributed by atoms with Crippen LogP contribution in [0.3, 0.4) is 0 Å². The van der Waals surface area contributed by atoms with E-state index in [0.29, 0.717) is 61.2 Å². The summed E-state index contributed by atoms with van der Waals surface area (Å²) in [4.78, 5) is 15.3. The highest BCUT2D eigenvalue weighted by atomic mass is 32.2. The van der Waals surface area contributed by atoms with E-state index in [1.54, 1.807) is 29.2 Å². The van der Waals surface area contributed by atoms with Crippen molar-refractivity contribution >= 4 is 33.4 Å². The summed E-state index contributed by atoms with van der Waals surface area (Å²) in [5.41, 5.74) is 2.77. The van der Waals surface area contributed by atoms with Crippen LogP contribution in [0.4, 0.5) is 11.4 Å². The van der Waals surface area contributed by atoms with Crippen LogP contribution in [0.25, 0.3) is 6.08 Å². The van der Waals surface area contributed by atoms with Crippen LogP contribution in [0.5, 0.6) is 11.5 Å². The molecule has 2 aliphatic heterocycles. The number of anilines is 2. The molecule has 35 heavy (non-hydrogen) atoms. The summed E-state index contributed by atoms with van der Waals surface area (Å²) in [5, 5.41) is 0. The number of hydrogen-bond acceptors (Lipinski definition) is 5. The predicted octanol–water partition coefficient (Wildman–Crippen LogP) is 4.36. The molecular weight excluding hydrogens is 464 g/mol. The molecule has 3 aromatic carbocycles. The summed E-state index contributed by atoms with van der Waals surface area (Å²) in [6.07, 6.45) is 4.52. The van der Waals surface area contributed by atoms with Gasteiger partial charge >= 0.3 is 0 Å². The number of carbonyl (C=O) groups excluding carboxylic acids is 1. The average molecular weight is 491 g/mol. The Hall–Kier alpha value is -3.78. The molecule has 0 unspecified atom stereocenters. The monoisotopic (exact) mass is 490 g/mol. The average Bonchev–Trinajstić information content (AvgIpc) is 3.25. The van der Waals surface area contributed by atoms with E-state index < -0.39 is 10.0 Å². The summed E-state index contributed by atoms with van der Waals surface area (Å²) in [6, 6.07) is 22.1. The molecule has 0 bridgehead atoms. The molecule has 0 radical (unpaired) electrons. The topological polar surface area (TPSA) is 76.2 Å². The van der Waals surface area contributed by atoms with Crippen molar-refractivity contribution in [1.82, 2.24) is 0 Å². The van der Waals surface area contributed by atoms with Gasteiger partial charge in [-0.3, -0.25) is 9.10 Å². The molecule has 2 heterocycles. The number of rotatable bonds is 6. The first kappa shape index (κ1) is 23.0. The van der Waals surface area contributed by atoms with E-state index in [1.807, 2.05) is 60.7 Å². The smallest absolute Gasteiger partial charge is 0.258 e. The fourth-order valence-corrected chi connectivity index (χ4v) is 5.78. The predicted molar refractivity (Wildman–Crippen MR) is 137 cm³/mol. The maximum absolute atomic E-state index is 13.6. The zero-order valence-electron chi connectivity index (χ0n) is 19.2. The fraction of sp³-hybridized carbons (Fsp3) is 0.222. The molecule has 1 amide bonds. The van der Waals surface area contributed by atoms with Crippen molar-refractivity contribution in [1.29, 1.82) is 0 Å². The van der Waals surface area contributed by atoms with Crippen molar-refractivity contribution in [2.24, 2.45) is 0 Å². The lowest BCUT2D eigenvalue weighted by atomic mass is 10.1. The molecule has 5 rings (SSSR count). The van der Waals surface area contributed by atoms with Gasteiger partial charge in [-0.2, -0.15) is 0 Å². The Balaban J connectivity index is 1.42. The normalized spacial score (nSPS) is 16.4. The first-order valence-electron chi connectivity index (χ1n) is 11.5. The molecule has 0 aliphatic carbocycles. The molecule has 3 aromatic rings. The third-order valence-electron chi connectivity index (χ3n) is 5.98. The standard InChI is InChI=1S/C27H26N2O5S/c30-27(22-9-11-23(12-10-22)29-16-5-19-35(29,31)32)28(15-4-8-21-6-2-1-3-7-21)24-13-14-25-26(20-24)34-18-17-33-25/h1-4,6-14,20H,5,15-19H2/b8-4+. The molecule has 2 aliphatic rings. The van der Waals surface area contributed by atoms with Gasteiger partial charge in [0.2, 0.25) is 10.0 Å². The van der Waals surface area contributed by atoms with Crippen molar-refractivity contribution in [3.05, 3.63) is 90.0 Å². The number of nitrogens with zero attached hydrogens (tertiary/aromatic N) is 2. The van der Waals surface area contributed by atoms with E-state index >= 15 is 0 Å². The number of fused-ring (bicyclic) bond motifs is 1. The number of carbonyl (C=O) groups is 1.